The summed E-state index contributed by atoms with van der Waals surface area (Å²) in [6.07, 6.45) is -1.80. The van der Waals surface area contributed by atoms with Crippen LogP contribution in [0.3, 0.4) is 0 Å². The van der Waals surface area contributed by atoms with Crippen LogP contribution < -0.4 is 10.6 Å². The summed E-state index contributed by atoms with van der Waals surface area (Å²) in [5, 5.41) is 5.36. The molecule has 0 aromatic heterocycles. The lowest BCUT2D eigenvalue weighted by atomic mass is 10.7. The second-order valence-electron chi connectivity index (χ2n) is 1.61. The van der Waals surface area contributed by atoms with E-state index >= 15 is 0 Å². The van der Waals surface area contributed by atoms with Crippen molar-refractivity contribution in [2.45, 2.75) is 0 Å². The number of nitrogens with one attached hydrogen (secondary N) is 2. The lowest BCUT2D eigenvalue weighted by molar-refractivity contribution is 0.423. The topological polar surface area (TPSA) is 24.1 Å². The van der Waals surface area contributed by atoms with Crippen LogP contribution in [0.15, 0.2) is 17.6 Å². The van der Waals surface area contributed by atoms with Gasteiger partial charge in [-0.25, -0.2) is 0 Å². The molecule has 1 rings (SSSR count). The average molecular weight is 132 g/mol. The molecule has 1 saturated heterocycles. The van der Waals surface area contributed by atoms with Gasteiger partial charge in [0.05, 0.1) is 0 Å². The predicted octanol–water partition coefficient (Wildman–Crippen LogP) is 0.400. The molecule has 50 valence electrons. The largest absolute Gasteiger partial charge is 0.363 e. The third-order valence-electron chi connectivity index (χ3n) is 0.948. The Morgan fingerprint density at radius 1 is 1.33 bits per heavy atom. The standard InChI is InChI=1S/C5H6F2N2/c6-4(7)3-5-8-1-2-9-5/h8-9H,1-2H2. The van der Waals surface area contributed by atoms with Crippen LogP contribution in [-0.2, 0) is 0 Å². The van der Waals surface area contributed by atoms with Gasteiger partial charge in [0.1, 0.15) is 5.82 Å². The molecule has 4 heteroatoms. The summed E-state index contributed by atoms with van der Waals surface area (Å²) in [6, 6.07) is 0. The third kappa shape index (κ3) is 1.74. The fourth-order valence-corrected chi connectivity index (χ4v) is 0.620. The highest BCUT2D eigenvalue weighted by Crippen LogP contribution is 1.95. The highest BCUT2D eigenvalue weighted by atomic mass is 19.3. The molecule has 1 aliphatic heterocycles. The summed E-state index contributed by atoms with van der Waals surface area (Å²) in [5.74, 6) is 0.287. The van der Waals surface area contributed by atoms with E-state index in [0.29, 0.717) is 13.1 Å². The molecule has 0 saturated carbocycles. The van der Waals surface area contributed by atoms with E-state index in [9.17, 15) is 8.78 Å². The van der Waals surface area contributed by atoms with Gasteiger partial charge in [0.15, 0.2) is 0 Å². The van der Waals surface area contributed by atoms with Gasteiger partial charge >= 0.3 is 6.08 Å². The average Bonchev–Trinajstić information content (AvgIpc) is 2.15. The van der Waals surface area contributed by atoms with Gasteiger partial charge in [-0.2, -0.15) is 8.78 Å². The Morgan fingerprint density at radius 3 is 2.33 bits per heavy atom. The van der Waals surface area contributed by atoms with Crippen LogP contribution in [0, 0.1) is 0 Å². The van der Waals surface area contributed by atoms with Crippen LogP contribution in [0.25, 0.3) is 0 Å². The Hall–Kier alpha value is -1.02. The van der Waals surface area contributed by atoms with Crippen molar-refractivity contribution in [1.29, 1.82) is 0 Å². The minimum absolute atomic E-state index is 0.287. The molecular weight excluding hydrogens is 126 g/mol. The minimum atomic E-state index is -1.80. The first kappa shape index (κ1) is 6.11. The summed E-state index contributed by atoms with van der Waals surface area (Å²) in [5.41, 5.74) is 1.82. The SMILES string of the molecule is FC(F)=C=C1NCCN1. The summed E-state index contributed by atoms with van der Waals surface area (Å²) >= 11 is 0. The quantitative estimate of drug-likeness (QED) is 0.466. The first-order valence-corrected chi connectivity index (χ1v) is 2.59. The van der Waals surface area contributed by atoms with Crippen LogP contribution in [0.2, 0.25) is 0 Å². The molecule has 2 nitrogen and oxygen atoms in total. The fraction of sp³-hybridized carbons (Fsp3) is 0.400. The van der Waals surface area contributed by atoms with E-state index in [2.05, 4.69) is 10.6 Å². The van der Waals surface area contributed by atoms with E-state index in [1.165, 1.54) is 0 Å². The molecule has 1 fully saturated rings. The van der Waals surface area contributed by atoms with E-state index in [1.54, 1.807) is 0 Å². The second-order valence-corrected chi connectivity index (χ2v) is 1.61. The zero-order valence-corrected chi connectivity index (χ0v) is 4.67. The van der Waals surface area contributed by atoms with Gasteiger partial charge in [-0.1, -0.05) is 0 Å². The molecule has 1 aliphatic rings. The lowest BCUT2D eigenvalue weighted by Gasteiger charge is -1.89. The molecular formula is C5H6F2N2. The molecule has 0 amide bonds. The summed E-state index contributed by atoms with van der Waals surface area (Å²) < 4.78 is 22.8. The van der Waals surface area contributed by atoms with E-state index in [1.807, 2.05) is 5.73 Å². The van der Waals surface area contributed by atoms with Gasteiger partial charge in [-0.3, -0.25) is 0 Å². The third-order valence-corrected chi connectivity index (χ3v) is 0.948. The first-order chi connectivity index (χ1) is 4.29. The monoisotopic (exact) mass is 132 g/mol. The Kier molecular flexibility index (Phi) is 1.70. The lowest BCUT2D eigenvalue weighted by Crippen LogP contribution is -2.07. The molecule has 9 heavy (non-hydrogen) atoms. The van der Waals surface area contributed by atoms with E-state index in [4.69, 9.17) is 0 Å². The molecule has 0 atom stereocenters. The number of rotatable bonds is 0. The van der Waals surface area contributed by atoms with Gasteiger partial charge < -0.3 is 10.6 Å². The molecule has 0 bridgehead atoms. The Labute approximate surface area is 51.2 Å². The molecule has 0 unspecified atom stereocenters. The number of halogens is 2. The molecule has 0 aromatic carbocycles. The summed E-state index contributed by atoms with van der Waals surface area (Å²) in [4.78, 5) is 0. The molecule has 1 heterocycles. The van der Waals surface area contributed by atoms with Crippen LogP contribution in [0.1, 0.15) is 0 Å². The second kappa shape index (κ2) is 2.51. The molecule has 0 spiro atoms. The molecule has 0 radical (unpaired) electrons. The smallest absolute Gasteiger partial charge is 0.316 e. The summed E-state index contributed by atoms with van der Waals surface area (Å²) in [6.45, 7) is 1.38. The molecule has 2 N–H and O–H groups in total. The van der Waals surface area contributed by atoms with Gasteiger partial charge in [-0.15, -0.1) is 0 Å². The zero-order chi connectivity index (χ0) is 6.69. The maximum absolute atomic E-state index is 11.4. The van der Waals surface area contributed by atoms with Crippen LogP contribution in [0.4, 0.5) is 8.78 Å². The molecule has 0 aliphatic carbocycles. The van der Waals surface area contributed by atoms with E-state index in [-0.39, 0.29) is 5.82 Å². The molecule has 0 aromatic rings. The van der Waals surface area contributed by atoms with Gasteiger partial charge in [0.25, 0.3) is 0 Å². The van der Waals surface area contributed by atoms with Crippen LogP contribution in [0.5, 0.6) is 0 Å². The number of hydrogen-bond acceptors (Lipinski definition) is 2. The maximum atomic E-state index is 11.4. The Balaban J connectivity index is 2.70. The summed E-state index contributed by atoms with van der Waals surface area (Å²) in [7, 11) is 0. The maximum Gasteiger partial charge on any atom is 0.316 e. The van der Waals surface area contributed by atoms with Gasteiger partial charge in [0.2, 0.25) is 0 Å². The van der Waals surface area contributed by atoms with Crippen molar-refractivity contribution < 1.29 is 8.78 Å². The minimum Gasteiger partial charge on any atom is -0.363 e. The van der Waals surface area contributed by atoms with E-state index < -0.39 is 6.08 Å². The Morgan fingerprint density at radius 2 is 1.89 bits per heavy atom. The van der Waals surface area contributed by atoms with Gasteiger partial charge in [0, 0.05) is 13.1 Å². The fourth-order valence-electron chi connectivity index (χ4n) is 0.620. The van der Waals surface area contributed by atoms with Crippen molar-refractivity contribution in [3.8, 4) is 0 Å². The van der Waals surface area contributed by atoms with Crippen LogP contribution in [-0.4, -0.2) is 13.1 Å². The first-order valence-electron chi connectivity index (χ1n) is 2.59. The normalized spacial score (nSPS) is 16.0. The van der Waals surface area contributed by atoms with Crippen molar-refractivity contribution in [2.24, 2.45) is 0 Å². The highest BCUT2D eigenvalue weighted by Gasteiger charge is 2.01. The van der Waals surface area contributed by atoms with Crippen LogP contribution >= 0.6 is 0 Å². The van der Waals surface area contributed by atoms with Crippen molar-refractivity contribution >= 4 is 0 Å². The van der Waals surface area contributed by atoms with Crippen molar-refractivity contribution in [2.75, 3.05) is 13.1 Å². The highest BCUT2D eigenvalue weighted by molar-refractivity contribution is 5.01. The Bertz CT molecular complexity index is 158. The van der Waals surface area contributed by atoms with E-state index in [0.717, 1.165) is 0 Å². The van der Waals surface area contributed by atoms with Crippen molar-refractivity contribution in [3.63, 3.8) is 0 Å². The van der Waals surface area contributed by atoms with Gasteiger partial charge in [-0.05, 0) is 5.73 Å². The number of hydrogen-bond donors (Lipinski definition) is 2. The predicted molar refractivity (Wildman–Crippen MR) is 28.8 cm³/mol. The van der Waals surface area contributed by atoms with Crippen molar-refractivity contribution in [1.82, 2.24) is 10.6 Å². The zero-order valence-electron chi connectivity index (χ0n) is 4.67. The van der Waals surface area contributed by atoms with Crippen molar-refractivity contribution in [3.05, 3.63) is 17.6 Å².